The Bertz CT molecular complexity index is 575. The van der Waals surface area contributed by atoms with Gasteiger partial charge >= 0.3 is 0 Å². The van der Waals surface area contributed by atoms with Crippen LogP contribution in [0.5, 0.6) is 0 Å². The molecular weight excluding hydrogens is 234 g/mol. The lowest BCUT2D eigenvalue weighted by molar-refractivity contribution is 0.313. The summed E-state index contributed by atoms with van der Waals surface area (Å²) in [5.74, 6) is 1.93. The Morgan fingerprint density at radius 3 is 2.84 bits per heavy atom. The van der Waals surface area contributed by atoms with E-state index >= 15 is 0 Å². The quantitative estimate of drug-likeness (QED) is 0.889. The average molecular weight is 255 g/mol. The first-order valence-corrected chi connectivity index (χ1v) is 7.01. The molecule has 0 atom stereocenters. The number of pyridine rings is 1. The number of para-hydroxylation sites is 1. The summed E-state index contributed by atoms with van der Waals surface area (Å²) in [5, 5.41) is 4.44. The predicted octanol–water partition coefficient (Wildman–Crippen LogP) is 3.12. The van der Waals surface area contributed by atoms with Crippen molar-refractivity contribution in [1.29, 1.82) is 0 Å². The molecule has 0 radical (unpaired) electrons. The average Bonchev–Trinajstić information content (AvgIpc) is 3.21. The normalized spacial score (nSPS) is 15.1. The molecule has 3 rings (SSSR count). The summed E-state index contributed by atoms with van der Waals surface area (Å²) in [7, 11) is 4.15. The third-order valence-electron chi connectivity index (χ3n) is 3.75. The van der Waals surface area contributed by atoms with E-state index < -0.39 is 0 Å². The summed E-state index contributed by atoms with van der Waals surface area (Å²) in [5.41, 5.74) is 2.34. The van der Waals surface area contributed by atoms with Gasteiger partial charge in [-0.3, -0.25) is 0 Å². The van der Waals surface area contributed by atoms with Crippen LogP contribution in [0, 0.1) is 5.92 Å². The summed E-state index contributed by atoms with van der Waals surface area (Å²) >= 11 is 0. The molecule has 19 heavy (non-hydrogen) atoms. The lowest BCUT2D eigenvalue weighted by Gasteiger charge is -2.18. The van der Waals surface area contributed by atoms with Crippen LogP contribution in [0.2, 0.25) is 0 Å². The molecular formula is C16H21N3. The van der Waals surface area contributed by atoms with Gasteiger partial charge in [0.05, 0.1) is 5.52 Å². The second-order valence-corrected chi connectivity index (χ2v) is 5.58. The maximum atomic E-state index is 4.70. The molecule has 0 bridgehead atoms. The van der Waals surface area contributed by atoms with E-state index in [4.69, 9.17) is 4.98 Å². The predicted molar refractivity (Wildman–Crippen MR) is 80.3 cm³/mol. The lowest BCUT2D eigenvalue weighted by atomic mass is 10.1. The van der Waals surface area contributed by atoms with E-state index in [1.165, 1.54) is 30.3 Å². The van der Waals surface area contributed by atoms with Crippen molar-refractivity contribution in [3.63, 3.8) is 0 Å². The molecule has 1 aromatic carbocycles. The van der Waals surface area contributed by atoms with Crippen molar-refractivity contribution in [2.45, 2.75) is 19.4 Å². The molecule has 0 saturated heterocycles. The number of anilines is 1. The largest absolute Gasteiger partial charge is 0.373 e. The van der Waals surface area contributed by atoms with Crippen molar-refractivity contribution in [1.82, 2.24) is 9.88 Å². The molecule has 0 aliphatic heterocycles. The van der Waals surface area contributed by atoms with Gasteiger partial charge in [0.1, 0.15) is 5.82 Å². The number of nitrogens with one attached hydrogen (secondary N) is 1. The van der Waals surface area contributed by atoms with Crippen LogP contribution >= 0.6 is 0 Å². The molecule has 0 amide bonds. The third-order valence-corrected chi connectivity index (χ3v) is 3.75. The van der Waals surface area contributed by atoms with Gasteiger partial charge in [-0.05, 0) is 37.9 Å². The monoisotopic (exact) mass is 255 g/mol. The van der Waals surface area contributed by atoms with E-state index in [0.717, 1.165) is 23.8 Å². The SMILES string of the molecule is CNc1nc2ccccc2cc1CN(C)CC1CC1. The molecule has 3 nitrogen and oxygen atoms in total. The number of hydrogen-bond acceptors (Lipinski definition) is 3. The van der Waals surface area contributed by atoms with Crippen molar-refractivity contribution < 1.29 is 0 Å². The van der Waals surface area contributed by atoms with Crippen LogP contribution in [0.25, 0.3) is 10.9 Å². The van der Waals surface area contributed by atoms with Crippen LogP contribution < -0.4 is 5.32 Å². The fraction of sp³-hybridized carbons (Fsp3) is 0.438. The van der Waals surface area contributed by atoms with Crippen LogP contribution in [-0.4, -0.2) is 30.5 Å². The Morgan fingerprint density at radius 1 is 1.32 bits per heavy atom. The van der Waals surface area contributed by atoms with E-state index in [1.807, 2.05) is 13.1 Å². The first kappa shape index (κ1) is 12.4. The second kappa shape index (κ2) is 5.17. The first-order chi connectivity index (χ1) is 9.26. The zero-order chi connectivity index (χ0) is 13.2. The summed E-state index contributed by atoms with van der Waals surface area (Å²) in [4.78, 5) is 7.11. The van der Waals surface area contributed by atoms with Crippen LogP contribution in [-0.2, 0) is 6.54 Å². The summed E-state index contributed by atoms with van der Waals surface area (Å²) in [6, 6.07) is 10.6. The van der Waals surface area contributed by atoms with Crippen LogP contribution in [0.15, 0.2) is 30.3 Å². The van der Waals surface area contributed by atoms with Crippen molar-refractivity contribution in [2.75, 3.05) is 26.0 Å². The molecule has 1 fully saturated rings. The number of aromatic nitrogens is 1. The zero-order valence-electron chi connectivity index (χ0n) is 11.7. The number of nitrogens with zero attached hydrogens (tertiary/aromatic N) is 2. The van der Waals surface area contributed by atoms with E-state index in [-0.39, 0.29) is 0 Å². The number of fused-ring (bicyclic) bond motifs is 1. The van der Waals surface area contributed by atoms with E-state index in [0.29, 0.717) is 0 Å². The molecule has 0 unspecified atom stereocenters. The molecule has 100 valence electrons. The van der Waals surface area contributed by atoms with Gasteiger partial charge in [-0.25, -0.2) is 4.98 Å². The highest BCUT2D eigenvalue weighted by Gasteiger charge is 2.23. The van der Waals surface area contributed by atoms with Gasteiger partial charge in [0.2, 0.25) is 0 Å². The van der Waals surface area contributed by atoms with E-state index in [9.17, 15) is 0 Å². The number of rotatable bonds is 5. The number of benzene rings is 1. The topological polar surface area (TPSA) is 28.2 Å². The maximum Gasteiger partial charge on any atom is 0.130 e. The molecule has 1 N–H and O–H groups in total. The van der Waals surface area contributed by atoms with Crippen LogP contribution in [0.4, 0.5) is 5.82 Å². The standard InChI is InChI=1S/C16H21N3/c1-17-16-14(11-19(2)10-12-7-8-12)9-13-5-3-4-6-15(13)18-16/h3-6,9,12H,7-8,10-11H2,1-2H3,(H,17,18). The minimum atomic E-state index is 0.927. The van der Waals surface area contributed by atoms with Gasteiger partial charge in [0.25, 0.3) is 0 Å². The van der Waals surface area contributed by atoms with Gasteiger partial charge in [0.15, 0.2) is 0 Å². The summed E-state index contributed by atoms with van der Waals surface area (Å²) in [6.45, 7) is 2.17. The highest BCUT2D eigenvalue weighted by molar-refractivity contribution is 5.81. The smallest absolute Gasteiger partial charge is 0.130 e. The molecule has 1 heterocycles. The summed E-state index contributed by atoms with van der Waals surface area (Å²) < 4.78 is 0. The van der Waals surface area contributed by atoms with Crippen molar-refractivity contribution in [3.8, 4) is 0 Å². The summed E-state index contributed by atoms with van der Waals surface area (Å²) in [6.07, 6.45) is 2.80. The van der Waals surface area contributed by atoms with E-state index in [1.54, 1.807) is 0 Å². The van der Waals surface area contributed by atoms with Gasteiger partial charge in [-0.2, -0.15) is 0 Å². The molecule has 3 heteroatoms. The molecule has 1 aliphatic rings. The van der Waals surface area contributed by atoms with Gasteiger partial charge in [0, 0.05) is 31.1 Å². The lowest BCUT2D eigenvalue weighted by Crippen LogP contribution is -2.21. The molecule has 1 saturated carbocycles. The third kappa shape index (κ3) is 2.87. The molecule has 0 spiro atoms. The molecule has 1 aromatic heterocycles. The van der Waals surface area contributed by atoms with Crippen molar-refractivity contribution in [2.24, 2.45) is 5.92 Å². The molecule has 1 aliphatic carbocycles. The Labute approximate surface area is 114 Å². The van der Waals surface area contributed by atoms with Crippen molar-refractivity contribution in [3.05, 3.63) is 35.9 Å². The van der Waals surface area contributed by atoms with Gasteiger partial charge in [-0.15, -0.1) is 0 Å². The minimum Gasteiger partial charge on any atom is -0.373 e. The minimum absolute atomic E-state index is 0.927. The first-order valence-electron chi connectivity index (χ1n) is 7.01. The Hall–Kier alpha value is -1.61. The van der Waals surface area contributed by atoms with Gasteiger partial charge in [-0.1, -0.05) is 18.2 Å². The Balaban J connectivity index is 1.87. The Morgan fingerprint density at radius 2 is 2.11 bits per heavy atom. The van der Waals surface area contributed by atoms with E-state index in [2.05, 4.69) is 41.5 Å². The van der Waals surface area contributed by atoms with Crippen LogP contribution in [0.3, 0.4) is 0 Å². The Kier molecular flexibility index (Phi) is 3.38. The van der Waals surface area contributed by atoms with Crippen molar-refractivity contribution >= 4 is 16.7 Å². The highest BCUT2D eigenvalue weighted by atomic mass is 15.1. The van der Waals surface area contributed by atoms with Crippen LogP contribution in [0.1, 0.15) is 18.4 Å². The fourth-order valence-corrected chi connectivity index (χ4v) is 2.59. The second-order valence-electron chi connectivity index (χ2n) is 5.58. The maximum absolute atomic E-state index is 4.70. The molecule has 2 aromatic rings. The zero-order valence-corrected chi connectivity index (χ0v) is 11.7. The highest BCUT2D eigenvalue weighted by Crippen LogP contribution is 2.30. The fourth-order valence-electron chi connectivity index (χ4n) is 2.59. The van der Waals surface area contributed by atoms with Gasteiger partial charge < -0.3 is 10.2 Å². The number of hydrogen-bond donors (Lipinski definition) is 1.